The number of nitrogens with zero attached hydrogens (tertiary/aromatic N) is 1. The topological polar surface area (TPSA) is 55.8 Å². The number of carbonyl (C=O) groups is 2. The number of carbonyl (C=O) groups excluding carboxylic acids is 2. The van der Waals surface area contributed by atoms with Crippen molar-refractivity contribution in [3.05, 3.63) is 0 Å². The highest BCUT2D eigenvalue weighted by atomic mass is 16.5. The largest absolute Gasteiger partial charge is 0.469 e. The van der Waals surface area contributed by atoms with Gasteiger partial charge in [0.1, 0.15) is 6.29 Å². The normalized spacial score (nSPS) is 25.5. The lowest BCUT2D eigenvalue weighted by molar-refractivity contribution is -0.154. The Hall–Kier alpha value is -0.940. The Labute approximate surface area is 102 Å². The SMILES string of the molecule is COC(=O)[C@@H]1CN(CCCC=O)CC[C@@H]1OC. The lowest BCUT2D eigenvalue weighted by Gasteiger charge is -2.36. The molecule has 2 atom stereocenters. The molecule has 1 saturated heterocycles. The molecule has 0 amide bonds. The second-order valence-corrected chi connectivity index (χ2v) is 4.30. The van der Waals surface area contributed by atoms with Crippen molar-refractivity contribution in [2.45, 2.75) is 25.4 Å². The first-order valence-corrected chi connectivity index (χ1v) is 5.99. The maximum absolute atomic E-state index is 11.6. The van der Waals surface area contributed by atoms with Crippen LogP contribution in [0.15, 0.2) is 0 Å². The van der Waals surface area contributed by atoms with E-state index >= 15 is 0 Å². The fourth-order valence-electron chi connectivity index (χ4n) is 2.26. The zero-order valence-electron chi connectivity index (χ0n) is 10.6. The van der Waals surface area contributed by atoms with Gasteiger partial charge >= 0.3 is 5.97 Å². The number of hydrogen-bond donors (Lipinski definition) is 0. The predicted octanol–water partition coefficient (Wildman–Crippen LogP) is 0.475. The summed E-state index contributed by atoms with van der Waals surface area (Å²) in [5.41, 5.74) is 0. The van der Waals surface area contributed by atoms with Crippen molar-refractivity contribution in [1.29, 1.82) is 0 Å². The summed E-state index contributed by atoms with van der Waals surface area (Å²) in [6, 6.07) is 0. The Morgan fingerprint density at radius 3 is 2.82 bits per heavy atom. The summed E-state index contributed by atoms with van der Waals surface area (Å²) in [5, 5.41) is 0. The van der Waals surface area contributed by atoms with E-state index in [1.54, 1.807) is 7.11 Å². The number of rotatable bonds is 6. The standard InChI is InChI=1S/C12H21NO4/c1-16-11-5-7-13(6-3-4-8-14)9-10(11)12(15)17-2/h8,10-11H,3-7,9H2,1-2H3/t10-,11+/m1/s1. The Morgan fingerprint density at radius 2 is 2.24 bits per heavy atom. The second-order valence-electron chi connectivity index (χ2n) is 4.30. The van der Waals surface area contributed by atoms with Gasteiger partial charge in [-0.15, -0.1) is 0 Å². The molecule has 1 rings (SSSR count). The predicted molar refractivity (Wildman–Crippen MR) is 62.7 cm³/mol. The van der Waals surface area contributed by atoms with Crippen LogP contribution in [0.4, 0.5) is 0 Å². The first kappa shape index (κ1) is 14.1. The molecule has 0 unspecified atom stereocenters. The highest BCUT2D eigenvalue weighted by Gasteiger charge is 2.34. The molecule has 0 aromatic heterocycles. The van der Waals surface area contributed by atoms with E-state index in [9.17, 15) is 9.59 Å². The Kier molecular flexibility index (Phi) is 6.15. The van der Waals surface area contributed by atoms with E-state index in [1.165, 1.54) is 7.11 Å². The number of esters is 1. The lowest BCUT2D eigenvalue weighted by atomic mass is 9.94. The Balaban J connectivity index is 2.47. The molecule has 17 heavy (non-hydrogen) atoms. The minimum atomic E-state index is -0.213. The highest BCUT2D eigenvalue weighted by Crippen LogP contribution is 2.21. The number of hydrogen-bond acceptors (Lipinski definition) is 5. The molecule has 0 radical (unpaired) electrons. The number of ether oxygens (including phenoxy) is 2. The van der Waals surface area contributed by atoms with E-state index in [4.69, 9.17) is 9.47 Å². The van der Waals surface area contributed by atoms with Gasteiger partial charge in [-0.2, -0.15) is 0 Å². The van der Waals surface area contributed by atoms with E-state index in [-0.39, 0.29) is 18.0 Å². The molecule has 0 aromatic carbocycles. The minimum absolute atomic E-state index is 0.0511. The van der Waals surface area contributed by atoms with Crippen LogP contribution in [0.2, 0.25) is 0 Å². The van der Waals surface area contributed by atoms with E-state index < -0.39 is 0 Å². The summed E-state index contributed by atoms with van der Waals surface area (Å²) in [5.74, 6) is -0.424. The van der Waals surface area contributed by atoms with Gasteiger partial charge in [0.2, 0.25) is 0 Å². The van der Waals surface area contributed by atoms with Crippen LogP contribution in [-0.4, -0.2) is 57.1 Å². The summed E-state index contributed by atoms with van der Waals surface area (Å²) in [6.45, 7) is 2.41. The van der Waals surface area contributed by atoms with Crippen molar-refractivity contribution in [2.75, 3.05) is 33.9 Å². The number of piperidine rings is 1. The summed E-state index contributed by atoms with van der Waals surface area (Å²) in [4.78, 5) is 24.1. The third-order valence-electron chi connectivity index (χ3n) is 3.24. The fourth-order valence-corrected chi connectivity index (χ4v) is 2.26. The van der Waals surface area contributed by atoms with Gasteiger partial charge in [0.05, 0.1) is 19.1 Å². The monoisotopic (exact) mass is 243 g/mol. The van der Waals surface area contributed by atoms with Gasteiger partial charge < -0.3 is 19.2 Å². The average Bonchev–Trinajstić information content (AvgIpc) is 2.38. The molecule has 1 fully saturated rings. The summed E-state index contributed by atoms with van der Waals surface area (Å²) < 4.78 is 10.1. The molecule has 0 N–H and O–H groups in total. The van der Waals surface area contributed by atoms with Crippen LogP contribution >= 0.6 is 0 Å². The van der Waals surface area contributed by atoms with Gasteiger partial charge in [-0.05, 0) is 19.4 Å². The molecule has 5 heteroatoms. The van der Waals surface area contributed by atoms with Crippen LogP contribution in [0, 0.1) is 5.92 Å². The van der Waals surface area contributed by atoms with Crippen LogP contribution in [0.3, 0.4) is 0 Å². The third-order valence-corrected chi connectivity index (χ3v) is 3.24. The maximum Gasteiger partial charge on any atom is 0.312 e. The first-order chi connectivity index (χ1) is 8.22. The van der Waals surface area contributed by atoms with Crippen molar-refractivity contribution in [2.24, 2.45) is 5.92 Å². The third kappa shape index (κ3) is 4.09. The van der Waals surface area contributed by atoms with Crippen molar-refractivity contribution < 1.29 is 19.1 Å². The van der Waals surface area contributed by atoms with Gasteiger partial charge in [-0.1, -0.05) is 0 Å². The number of aldehydes is 1. The molecule has 1 heterocycles. The van der Waals surface area contributed by atoms with Crippen LogP contribution < -0.4 is 0 Å². The first-order valence-electron chi connectivity index (χ1n) is 5.99. The molecule has 98 valence electrons. The van der Waals surface area contributed by atoms with Crippen LogP contribution in [-0.2, 0) is 19.1 Å². The lowest BCUT2D eigenvalue weighted by Crippen LogP contribution is -2.47. The van der Waals surface area contributed by atoms with Gasteiger partial charge in [-0.3, -0.25) is 4.79 Å². The second kappa shape index (κ2) is 7.40. The molecular weight excluding hydrogens is 222 g/mol. The van der Waals surface area contributed by atoms with E-state index in [0.29, 0.717) is 13.0 Å². The van der Waals surface area contributed by atoms with Crippen molar-refractivity contribution >= 4 is 12.3 Å². The Morgan fingerprint density at radius 1 is 1.47 bits per heavy atom. The molecular formula is C12H21NO4. The zero-order chi connectivity index (χ0) is 12.7. The molecule has 0 spiro atoms. The molecule has 0 aromatic rings. The molecule has 5 nitrogen and oxygen atoms in total. The Bertz CT molecular complexity index is 257. The number of likely N-dealkylation sites (tertiary alicyclic amines) is 1. The van der Waals surface area contributed by atoms with Gasteiger partial charge in [-0.25, -0.2) is 0 Å². The van der Waals surface area contributed by atoms with Crippen molar-refractivity contribution in [1.82, 2.24) is 4.90 Å². The van der Waals surface area contributed by atoms with Gasteiger partial charge in [0.15, 0.2) is 0 Å². The smallest absolute Gasteiger partial charge is 0.312 e. The number of methoxy groups -OCH3 is 2. The van der Waals surface area contributed by atoms with E-state index in [1.807, 2.05) is 0 Å². The van der Waals surface area contributed by atoms with Crippen LogP contribution in [0.5, 0.6) is 0 Å². The maximum atomic E-state index is 11.6. The molecule has 0 aliphatic carbocycles. The quantitative estimate of drug-likeness (QED) is 0.386. The summed E-state index contributed by atoms with van der Waals surface area (Å²) in [7, 11) is 3.03. The summed E-state index contributed by atoms with van der Waals surface area (Å²) >= 11 is 0. The fraction of sp³-hybridized carbons (Fsp3) is 0.833. The average molecular weight is 243 g/mol. The van der Waals surface area contributed by atoms with Gasteiger partial charge in [0, 0.05) is 26.6 Å². The zero-order valence-corrected chi connectivity index (χ0v) is 10.6. The van der Waals surface area contributed by atoms with E-state index in [2.05, 4.69) is 4.90 Å². The molecule has 0 saturated carbocycles. The summed E-state index contributed by atoms with van der Waals surface area (Å²) in [6.07, 6.45) is 3.13. The van der Waals surface area contributed by atoms with E-state index in [0.717, 1.165) is 32.2 Å². The number of unbranched alkanes of at least 4 members (excludes halogenated alkanes) is 1. The van der Waals surface area contributed by atoms with Crippen LogP contribution in [0.25, 0.3) is 0 Å². The van der Waals surface area contributed by atoms with Crippen molar-refractivity contribution in [3.8, 4) is 0 Å². The molecule has 1 aliphatic rings. The van der Waals surface area contributed by atoms with Crippen molar-refractivity contribution in [3.63, 3.8) is 0 Å². The van der Waals surface area contributed by atoms with Gasteiger partial charge in [0.25, 0.3) is 0 Å². The van der Waals surface area contributed by atoms with Crippen LogP contribution in [0.1, 0.15) is 19.3 Å². The molecule has 1 aliphatic heterocycles. The molecule has 0 bridgehead atoms. The highest BCUT2D eigenvalue weighted by molar-refractivity contribution is 5.73. The minimum Gasteiger partial charge on any atom is -0.469 e.